The number of halogens is 3. The zero-order valence-corrected chi connectivity index (χ0v) is 47.0. The maximum absolute atomic E-state index is 15.0. The predicted molar refractivity (Wildman–Crippen MR) is 292 cm³/mol. The lowest BCUT2D eigenvalue weighted by Gasteiger charge is -2.44. The third kappa shape index (κ3) is 13.9. The van der Waals surface area contributed by atoms with E-state index < -0.39 is 68.2 Å². The number of allylic oxidation sites excluding steroid dienone is 2. The molecule has 1 aliphatic rings. The molecule has 0 radical (unpaired) electrons. The summed E-state index contributed by atoms with van der Waals surface area (Å²) in [5.74, 6) is -0.854. The number of nitrogens with zero attached hydrogens (tertiary/aromatic N) is 5. The number of esters is 1. The number of hydrazine groups is 1. The van der Waals surface area contributed by atoms with E-state index in [1.54, 1.807) is 59.0 Å². The zero-order valence-electron chi connectivity index (χ0n) is 45.2. The Morgan fingerprint density at radius 2 is 1.61 bits per heavy atom. The van der Waals surface area contributed by atoms with Crippen LogP contribution in [0.4, 0.5) is 18.0 Å². The molecule has 1 fully saturated rings. The first-order valence-electron chi connectivity index (χ1n) is 25.1. The minimum Gasteiger partial charge on any atom is -0.468 e. The summed E-state index contributed by atoms with van der Waals surface area (Å²) >= 11 is 1.04. The SMILES string of the molecule is C=C/C(=C(\N=CC)[C@H](C)OC)c1c(CC(C)(C)CO[Si](c2ccccc2)(c2ccccc2)C(C)(C)C)c2cc(-c3nc(C[C@H](NC(=O)OC(C)(C)C)C(=O)N4CCC[C@@H](C(=O)OC)N4)ns3)ccc2n1CC(F)(F)F. The van der Waals surface area contributed by atoms with Crippen molar-refractivity contribution >= 4 is 70.9 Å². The maximum Gasteiger partial charge on any atom is 0.408 e. The van der Waals surface area contributed by atoms with Crippen LogP contribution in [-0.2, 0) is 47.6 Å². The lowest BCUT2D eigenvalue weighted by atomic mass is 9.84. The van der Waals surface area contributed by atoms with Gasteiger partial charge in [-0.15, -0.1) is 0 Å². The number of alkyl carbamates (subject to hydrolysis) is 1. The second-order valence-corrected chi connectivity index (χ2v) is 26.6. The van der Waals surface area contributed by atoms with Gasteiger partial charge < -0.3 is 28.5 Å². The van der Waals surface area contributed by atoms with Gasteiger partial charge in [-0.2, -0.15) is 17.5 Å². The van der Waals surface area contributed by atoms with E-state index in [4.69, 9.17) is 23.6 Å². The molecule has 2 N–H and O–H groups in total. The van der Waals surface area contributed by atoms with Crippen LogP contribution >= 0.6 is 11.5 Å². The number of carbonyl (C=O) groups is 3. The van der Waals surface area contributed by atoms with E-state index in [9.17, 15) is 14.4 Å². The van der Waals surface area contributed by atoms with Gasteiger partial charge in [-0.3, -0.25) is 19.6 Å². The summed E-state index contributed by atoms with van der Waals surface area (Å²) in [7, 11) is -0.272. The molecule has 6 rings (SSSR count). The Morgan fingerprint density at radius 3 is 2.16 bits per heavy atom. The van der Waals surface area contributed by atoms with Crippen molar-refractivity contribution < 1.29 is 46.2 Å². The summed E-state index contributed by atoms with van der Waals surface area (Å²) in [6, 6.07) is 23.8. The molecule has 5 aromatic rings. The molecule has 3 heterocycles. The zero-order chi connectivity index (χ0) is 55.1. The average molecular weight is 1070 g/mol. The van der Waals surface area contributed by atoms with E-state index in [-0.39, 0.29) is 36.9 Å². The summed E-state index contributed by atoms with van der Waals surface area (Å²) in [5, 5.41) is 6.80. The van der Waals surface area contributed by atoms with Crippen LogP contribution in [0.5, 0.6) is 0 Å². The highest BCUT2D eigenvalue weighted by atomic mass is 32.1. The number of fused-ring (bicyclic) bond motifs is 1. The number of amides is 2. The molecule has 19 heteroatoms. The molecule has 3 atom stereocenters. The van der Waals surface area contributed by atoms with E-state index in [1.165, 1.54) is 23.8 Å². The summed E-state index contributed by atoms with van der Waals surface area (Å²) in [5.41, 5.74) is 3.95. The van der Waals surface area contributed by atoms with Crippen molar-refractivity contribution in [1.82, 2.24) is 29.7 Å². The number of methoxy groups -OCH3 is 2. The molecule has 2 aromatic heterocycles. The van der Waals surface area contributed by atoms with Crippen molar-refractivity contribution in [3.8, 4) is 10.6 Å². The van der Waals surface area contributed by atoms with Gasteiger partial charge >= 0.3 is 18.2 Å². The van der Waals surface area contributed by atoms with Gasteiger partial charge in [0.05, 0.1) is 24.6 Å². The first-order chi connectivity index (χ1) is 35.3. The standard InChI is InChI=1S/C56H72F3N7O7SSi/c1-14-40(47(60-15-2)36(3)70-12)48-42(33-55(10,11)35-72-75(54(7,8)9,38-23-18-16-19-24-38)39-25-20-17-21-26-39)41-31-37(28-29-45(41)65(48)34-56(57,58)59)49-62-46(64-74-49)32-44(61-52(69)73-53(4,5)6)50(67)66-30-22-27-43(63-66)51(68)71-13/h14-21,23-26,28-29,31,36,43-44,63H,1,22,27,30,32-35H2,2-13H3,(H,61,69)/b47-40+,60-15?/t36-,43-,44-/m0/s1. The highest BCUT2D eigenvalue weighted by molar-refractivity contribution is 7.09. The Labute approximate surface area is 444 Å². The first-order valence-corrected chi connectivity index (χ1v) is 27.8. The van der Waals surface area contributed by atoms with Gasteiger partial charge in [-0.1, -0.05) is 108 Å². The van der Waals surface area contributed by atoms with Gasteiger partial charge in [0.1, 0.15) is 35.1 Å². The molecule has 75 heavy (non-hydrogen) atoms. The lowest BCUT2D eigenvalue weighted by molar-refractivity contribution is -0.150. The molecule has 2 amide bonds. The number of aliphatic imine (C=N–C) groups is 1. The fourth-order valence-electron chi connectivity index (χ4n) is 9.68. The molecule has 0 aliphatic carbocycles. The highest BCUT2D eigenvalue weighted by Gasteiger charge is 2.51. The van der Waals surface area contributed by atoms with E-state index in [2.05, 4.69) is 85.6 Å². The van der Waals surface area contributed by atoms with Crippen LogP contribution < -0.4 is 21.1 Å². The molecule has 0 saturated carbocycles. The Kier molecular flexibility index (Phi) is 18.6. The van der Waals surface area contributed by atoms with Gasteiger partial charge in [0.15, 0.2) is 0 Å². The van der Waals surface area contributed by atoms with Gasteiger partial charge in [0.2, 0.25) is 0 Å². The van der Waals surface area contributed by atoms with E-state index in [0.29, 0.717) is 56.8 Å². The molecule has 0 bridgehead atoms. The maximum atomic E-state index is 15.0. The topological polar surface area (TPSA) is 158 Å². The van der Waals surface area contributed by atoms with Gasteiger partial charge in [-0.05, 0) is 110 Å². The molecular formula is C56H72F3N7O7SSi. The number of carbonyl (C=O) groups excluding carboxylic acids is 3. The number of benzene rings is 3. The smallest absolute Gasteiger partial charge is 0.408 e. The third-order valence-corrected chi connectivity index (χ3v) is 18.8. The van der Waals surface area contributed by atoms with Crippen LogP contribution in [0.15, 0.2) is 102 Å². The third-order valence-electron chi connectivity index (χ3n) is 13.0. The fraction of sp³-hybridized carbons (Fsp3) is 0.464. The first kappa shape index (κ1) is 58.3. The summed E-state index contributed by atoms with van der Waals surface area (Å²) in [6.07, 6.45) is -1.91. The summed E-state index contributed by atoms with van der Waals surface area (Å²) in [6.45, 7) is 22.7. The van der Waals surface area contributed by atoms with Crippen LogP contribution in [0, 0.1) is 5.41 Å². The number of nitrogens with one attached hydrogen (secondary N) is 2. The molecule has 0 spiro atoms. The Balaban J connectivity index is 1.50. The highest BCUT2D eigenvalue weighted by Crippen LogP contribution is 2.43. The second kappa shape index (κ2) is 23.9. The minimum absolute atomic E-state index is 0.152. The van der Waals surface area contributed by atoms with Crippen LogP contribution in [0.2, 0.25) is 5.04 Å². The van der Waals surface area contributed by atoms with E-state index in [0.717, 1.165) is 21.9 Å². The van der Waals surface area contributed by atoms with E-state index in [1.807, 2.05) is 42.5 Å². The van der Waals surface area contributed by atoms with Crippen molar-refractivity contribution in [2.24, 2.45) is 10.4 Å². The number of alkyl halides is 3. The predicted octanol–water partition coefficient (Wildman–Crippen LogP) is 9.99. The molecule has 0 unspecified atom stereocenters. The number of ether oxygens (including phenoxy) is 3. The van der Waals surface area contributed by atoms with Gasteiger partial charge in [0.25, 0.3) is 14.2 Å². The Hall–Kier alpha value is -5.99. The van der Waals surface area contributed by atoms with Crippen LogP contribution in [-0.4, -0.2) is 109 Å². The number of hydrogen-bond acceptors (Lipinski definition) is 12. The average Bonchev–Trinajstić information content (AvgIpc) is 3.94. The Morgan fingerprint density at radius 1 is 0.973 bits per heavy atom. The van der Waals surface area contributed by atoms with Gasteiger partial charge in [0, 0.05) is 54.9 Å². The molecule has 1 saturated heterocycles. The molecule has 3 aromatic carbocycles. The normalized spacial score (nSPS) is 16.1. The van der Waals surface area contributed by atoms with E-state index >= 15 is 13.2 Å². The van der Waals surface area contributed by atoms with Crippen LogP contribution in [0.1, 0.15) is 99.2 Å². The summed E-state index contributed by atoms with van der Waals surface area (Å²) in [4.78, 5) is 49.3. The molecule has 404 valence electrons. The van der Waals surface area contributed by atoms with Crippen molar-refractivity contribution in [1.29, 1.82) is 0 Å². The van der Waals surface area contributed by atoms with Crippen molar-refractivity contribution in [2.45, 2.75) is 136 Å². The minimum atomic E-state index is -4.63. The Bertz CT molecular complexity index is 2830. The summed E-state index contributed by atoms with van der Waals surface area (Å²) < 4.78 is 74.8. The van der Waals surface area contributed by atoms with Crippen LogP contribution in [0.25, 0.3) is 27.0 Å². The second-order valence-electron chi connectivity index (χ2n) is 21.6. The van der Waals surface area contributed by atoms with Gasteiger partial charge in [-0.25, -0.2) is 15.2 Å². The lowest BCUT2D eigenvalue weighted by Crippen LogP contribution is -2.67. The van der Waals surface area contributed by atoms with Crippen molar-refractivity contribution in [2.75, 3.05) is 27.4 Å². The quantitative estimate of drug-likeness (QED) is 0.0353. The number of hydrogen-bond donors (Lipinski definition) is 2. The molecule has 14 nitrogen and oxygen atoms in total. The number of aromatic nitrogens is 3. The monoisotopic (exact) mass is 1070 g/mol. The largest absolute Gasteiger partial charge is 0.468 e. The molecular weight excluding hydrogens is 1000 g/mol. The van der Waals surface area contributed by atoms with Crippen LogP contribution in [0.3, 0.4) is 0 Å². The fourth-order valence-corrected chi connectivity index (χ4v) is 15.1. The van der Waals surface area contributed by atoms with Crippen molar-refractivity contribution in [3.05, 3.63) is 114 Å². The van der Waals surface area contributed by atoms with Crippen molar-refractivity contribution in [3.63, 3.8) is 0 Å². The number of rotatable bonds is 19. The molecule has 1 aliphatic heterocycles.